The summed E-state index contributed by atoms with van der Waals surface area (Å²) in [6.07, 6.45) is 5.13. The largest absolute Gasteiger partial charge is 0.314 e. The van der Waals surface area contributed by atoms with Gasteiger partial charge in [-0.2, -0.15) is 0 Å². The Balaban J connectivity index is 2.38. The molecule has 2 unspecified atom stereocenters. The molecule has 1 rings (SSSR count). The monoisotopic (exact) mass is 239 g/mol. The first kappa shape index (κ1) is 13.7. The molecule has 0 aromatic carbocycles. The van der Waals surface area contributed by atoms with Crippen LogP contribution in [0.4, 0.5) is 0 Å². The lowest BCUT2D eigenvalue weighted by molar-refractivity contribution is 0.343. The normalized spacial score (nSPS) is 14.9. The van der Waals surface area contributed by atoms with Crippen molar-refractivity contribution >= 4 is 11.3 Å². The van der Waals surface area contributed by atoms with Crippen LogP contribution in [-0.4, -0.2) is 12.6 Å². The molecule has 1 aromatic heterocycles. The van der Waals surface area contributed by atoms with E-state index in [0.29, 0.717) is 6.04 Å². The first-order valence-corrected chi connectivity index (χ1v) is 7.41. The summed E-state index contributed by atoms with van der Waals surface area (Å²) < 4.78 is 0. The molecular weight excluding hydrogens is 214 g/mol. The van der Waals surface area contributed by atoms with Gasteiger partial charge in [0.2, 0.25) is 0 Å². The summed E-state index contributed by atoms with van der Waals surface area (Å²) in [5, 5.41) is 5.81. The van der Waals surface area contributed by atoms with E-state index in [1.165, 1.54) is 30.6 Å². The third kappa shape index (κ3) is 4.67. The van der Waals surface area contributed by atoms with Gasteiger partial charge in [0.25, 0.3) is 0 Å². The molecule has 0 spiro atoms. The molecule has 92 valence electrons. The van der Waals surface area contributed by atoms with Gasteiger partial charge in [-0.3, -0.25) is 0 Å². The highest BCUT2D eigenvalue weighted by molar-refractivity contribution is 7.09. The van der Waals surface area contributed by atoms with E-state index in [4.69, 9.17) is 0 Å². The molecule has 0 saturated carbocycles. The molecule has 2 heteroatoms. The average Bonchev–Trinajstić information content (AvgIpc) is 2.77. The lowest BCUT2D eigenvalue weighted by Crippen LogP contribution is -2.35. The van der Waals surface area contributed by atoms with Crippen LogP contribution >= 0.6 is 11.3 Å². The van der Waals surface area contributed by atoms with Gasteiger partial charge in [-0.1, -0.05) is 33.3 Å². The van der Waals surface area contributed by atoms with Crippen molar-refractivity contribution in [3.05, 3.63) is 22.4 Å². The summed E-state index contributed by atoms with van der Waals surface area (Å²) in [4.78, 5) is 1.52. The van der Waals surface area contributed by atoms with Crippen LogP contribution in [0.5, 0.6) is 0 Å². The quantitative estimate of drug-likeness (QED) is 0.720. The Morgan fingerprint density at radius 3 is 2.69 bits per heavy atom. The van der Waals surface area contributed by atoms with E-state index in [-0.39, 0.29) is 0 Å². The van der Waals surface area contributed by atoms with Crippen molar-refractivity contribution in [2.75, 3.05) is 6.54 Å². The summed E-state index contributed by atoms with van der Waals surface area (Å²) >= 11 is 1.88. The molecule has 0 amide bonds. The first-order valence-electron chi connectivity index (χ1n) is 6.53. The van der Waals surface area contributed by atoms with Crippen molar-refractivity contribution in [1.29, 1.82) is 0 Å². The van der Waals surface area contributed by atoms with E-state index in [1.807, 2.05) is 11.3 Å². The molecule has 2 atom stereocenters. The van der Waals surface area contributed by atoms with Crippen molar-refractivity contribution in [1.82, 2.24) is 5.32 Å². The van der Waals surface area contributed by atoms with Crippen molar-refractivity contribution < 1.29 is 0 Å². The fourth-order valence-electron chi connectivity index (χ4n) is 2.26. The molecule has 1 aromatic rings. The Kier molecular flexibility index (Phi) is 6.74. The Hall–Kier alpha value is -0.340. The predicted octanol–water partition coefficient (Wildman–Crippen LogP) is 4.10. The van der Waals surface area contributed by atoms with Crippen LogP contribution < -0.4 is 5.32 Å². The van der Waals surface area contributed by atoms with Gasteiger partial charge in [-0.15, -0.1) is 11.3 Å². The summed E-state index contributed by atoms with van der Waals surface area (Å²) in [5.41, 5.74) is 0. The lowest BCUT2D eigenvalue weighted by atomic mass is 9.93. The van der Waals surface area contributed by atoms with Crippen LogP contribution in [0, 0.1) is 5.92 Å². The molecule has 0 aliphatic carbocycles. The summed E-state index contributed by atoms with van der Waals surface area (Å²) in [6.45, 7) is 7.95. The van der Waals surface area contributed by atoms with Gasteiger partial charge < -0.3 is 5.32 Å². The van der Waals surface area contributed by atoms with Crippen LogP contribution in [0.2, 0.25) is 0 Å². The average molecular weight is 239 g/mol. The van der Waals surface area contributed by atoms with Crippen LogP contribution in [-0.2, 0) is 6.42 Å². The second-order valence-electron chi connectivity index (χ2n) is 4.55. The molecule has 0 aliphatic heterocycles. The SMILES string of the molecule is CCCC(C)C(CCc1cccs1)NCC. The molecule has 16 heavy (non-hydrogen) atoms. The maximum absolute atomic E-state index is 3.63. The van der Waals surface area contributed by atoms with Crippen molar-refractivity contribution in [2.45, 2.75) is 52.5 Å². The molecule has 0 aliphatic rings. The fraction of sp³-hybridized carbons (Fsp3) is 0.714. The minimum absolute atomic E-state index is 0.687. The molecule has 0 bridgehead atoms. The molecule has 0 fully saturated rings. The molecule has 1 heterocycles. The zero-order valence-electron chi connectivity index (χ0n) is 10.8. The molecule has 0 radical (unpaired) electrons. The van der Waals surface area contributed by atoms with Gasteiger partial charge in [-0.05, 0) is 43.2 Å². The van der Waals surface area contributed by atoms with E-state index < -0.39 is 0 Å². The minimum atomic E-state index is 0.687. The van der Waals surface area contributed by atoms with Crippen molar-refractivity contribution in [3.8, 4) is 0 Å². The summed E-state index contributed by atoms with van der Waals surface area (Å²) in [5.74, 6) is 0.796. The smallest absolute Gasteiger partial charge is 0.00960 e. The number of thiophene rings is 1. The Morgan fingerprint density at radius 1 is 1.31 bits per heavy atom. The highest BCUT2D eigenvalue weighted by Gasteiger charge is 2.15. The van der Waals surface area contributed by atoms with Crippen molar-refractivity contribution in [2.24, 2.45) is 5.92 Å². The lowest BCUT2D eigenvalue weighted by Gasteiger charge is -2.24. The third-order valence-corrected chi connectivity index (χ3v) is 4.12. The van der Waals surface area contributed by atoms with E-state index >= 15 is 0 Å². The number of hydrogen-bond donors (Lipinski definition) is 1. The number of nitrogens with one attached hydrogen (secondary N) is 1. The third-order valence-electron chi connectivity index (χ3n) is 3.18. The van der Waals surface area contributed by atoms with Gasteiger partial charge in [0.15, 0.2) is 0 Å². The first-order chi connectivity index (χ1) is 7.77. The van der Waals surface area contributed by atoms with Gasteiger partial charge >= 0.3 is 0 Å². The van der Waals surface area contributed by atoms with Gasteiger partial charge in [0.05, 0.1) is 0 Å². The molecular formula is C14H25NS. The summed E-state index contributed by atoms with van der Waals surface area (Å²) in [7, 11) is 0. The Bertz CT molecular complexity index is 256. The van der Waals surface area contributed by atoms with Gasteiger partial charge in [0, 0.05) is 10.9 Å². The number of aryl methyl sites for hydroxylation is 1. The molecule has 0 saturated heterocycles. The summed E-state index contributed by atoms with van der Waals surface area (Å²) in [6, 6.07) is 5.09. The topological polar surface area (TPSA) is 12.0 Å². The second-order valence-corrected chi connectivity index (χ2v) is 5.58. The standard InChI is InChI=1S/C14H25NS/c1-4-7-12(3)14(15-5-2)10-9-13-8-6-11-16-13/h6,8,11-12,14-15H,4-5,7,9-10H2,1-3H3. The minimum Gasteiger partial charge on any atom is -0.314 e. The van der Waals surface area contributed by atoms with Gasteiger partial charge in [-0.25, -0.2) is 0 Å². The van der Waals surface area contributed by atoms with Gasteiger partial charge in [0.1, 0.15) is 0 Å². The van der Waals surface area contributed by atoms with E-state index in [9.17, 15) is 0 Å². The Morgan fingerprint density at radius 2 is 2.12 bits per heavy atom. The highest BCUT2D eigenvalue weighted by atomic mass is 32.1. The molecule has 1 nitrogen and oxygen atoms in total. The maximum Gasteiger partial charge on any atom is 0.00960 e. The highest BCUT2D eigenvalue weighted by Crippen LogP contribution is 2.18. The Labute approximate surface area is 104 Å². The van der Waals surface area contributed by atoms with Crippen LogP contribution in [0.1, 0.15) is 44.9 Å². The van der Waals surface area contributed by atoms with Crippen molar-refractivity contribution in [3.63, 3.8) is 0 Å². The number of hydrogen-bond acceptors (Lipinski definition) is 2. The maximum atomic E-state index is 3.63. The van der Waals surface area contributed by atoms with E-state index in [2.05, 4.69) is 43.6 Å². The molecule has 1 N–H and O–H groups in total. The van der Waals surface area contributed by atoms with Crippen LogP contribution in [0.15, 0.2) is 17.5 Å². The number of rotatable bonds is 8. The zero-order valence-corrected chi connectivity index (χ0v) is 11.6. The van der Waals surface area contributed by atoms with Crippen LogP contribution in [0.25, 0.3) is 0 Å². The van der Waals surface area contributed by atoms with E-state index in [0.717, 1.165) is 12.5 Å². The van der Waals surface area contributed by atoms with E-state index in [1.54, 1.807) is 0 Å². The zero-order chi connectivity index (χ0) is 11.8. The van der Waals surface area contributed by atoms with Crippen LogP contribution in [0.3, 0.4) is 0 Å². The predicted molar refractivity (Wildman–Crippen MR) is 74.2 cm³/mol. The second kappa shape index (κ2) is 7.86. The fourth-order valence-corrected chi connectivity index (χ4v) is 2.98.